The van der Waals surface area contributed by atoms with Crippen molar-refractivity contribution in [3.63, 3.8) is 0 Å². The first-order valence-corrected chi connectivity index (χ1v) is 14.4. The van der Waals surface area contributed by atoms with Gasteiger partial charge < -0.3 is 10.0 Å². The highest BCUT2D eigenvalue weighted by molar-refractivity contribution is 5.80. The van der Waals surface area contributed by atoms with E-state index in [1.165, 1.54) is 24.0 Å². The third kappa shape index (κ3) is 4.83. The number of amides is 1. The molecular formula is C31H38N4O3. The Hall–Kier alpha value is -3.22. The molecule has 1 saturated carbocycles. The van der Waals surface area contributed by atoms with Gasteiger partial charge in [0, 0.05) is 37.9 Å². The number of aromatic nitrogens is 3. The molecule has 2 aromatic carbocycles. The quantitative estimate of drug-likeness (QED) is 0.491. The summed E-state index contributed by atoms with van der Waals surface area (Å²) < 4.78 is 2.03. The molecule has 0 saturated heterocycles. The Morgan fingerprint density at radius 2 is 1.87 bits per heavy atom. The van der Waals surface area contributed by atoms with Gasteiger partial charge in [0.2, 0.25) is 5.91 Å². The van der Waals surface area contributed by atoms with E-state index in [9.17, 15) is 14.7 Å². The van der Waals surface area contributed by atoms with E-state index in [0.29, 0.717) is 18.9 Å². The molecule has 9 bridgehead atoms. The monoisotopic (exact) mass is 514 g/mol. The van der Waals surface area contributed by atoms with Gasteiger partial charge >= 0.3 is 5.97 Å². The highest BCUT2D eigenvalue weighted by atomic mass is 16.4. The minimum Gasteiger partial charge on any atom is -0.481 e. The summed E-state index contributed by atoms with van der Waals surface area (Å²) >= 11 is 0. The van der Waals surface area contributed by atoms with E-state index in [0.717, 1.165) is 85.3 Å². The summed E-state index contributed by atoms with van der Waals surface area (Å²) in [4.78, 5) is 27.2. The Kier molecular flexibility index (Phi) is 6.93. The van der Waals surface area contributed by atoms with Crippen molar-refractivity contribution in [3.05, 3.63) is 58.1 Å². The lowest BCUT2D eigenvalue weighted by Crippen LogP contribution is -2.41. The van der Waals surface area contributed by atoms with Crippen molar-refractivity contribution >= 4 is 22.9 Å². The maximum Gasteiger partial charge on any atom is 0.303 e. The lowest BCUT2D eigenvalue weighted by Gasteiger charge is -2.35. The first-order chi connectivity index (χ1) is 18.5. The number of hydrogen-bond donors (Lipinski definition) is 1. The van der Waals surface area contributed by atoms with Crippen molar-refractivity contribution in [1.82, 2.24) is 19.9 Å². The van der Waals surface area contributed by atoms with Crippen LogP contribution in [-0.4, -0.2) is 43.4 Å². The topological polar surface area (TPSA) is 88.3 Å². The SMILES string of the molecule is Cc1c2ccc3c1nnn3CCCCC1CCC(CC1)C(=O)N1CCc3ccc(cc3C1)C2CCC(=O)O. The van der Waals surface area contributed by atoms with Gasteiger partial charge in [-0.3, -0.25) is 9.59 Å². The zero-order valence-corrected chi connectivity index (χ0v) is 22.4. The zero-order chi connectivity index (χ0) is 26.2. The minimum atomic E-state index is -0.787. The normalized spacial score (nSPS) is 24.0. The number of carbonyl (C=O) groups is 2. The summed E-state index contributed by atoms with van der Waals surface area (Å²) in [7, 11) is 0. The number of carboxylic acid groups (broad SMARTS) is 1. The van der Waals surface area contributed by atoms with Crippen LogP contribution in [-0.2, 0) is 29.1 Å². The molecule has 1 aromatic heterocycles. The molecule has 1 aliphatic carbocycles. The van der Waals surface area contributed by atoms with Gasteiger partial charge in [0.1, 0.15) is 5.52 Å². The number of aliphatic carboxylic acids is 1. The van der Waals surface area contributed by atoms with Gasteiger partial charge in [-0.25, -0.2) is 4.68 Å². The van der Waals surface area contributed by atoms with Crippen molar-refractivity contribution < 1.29 is 14.7 Å². The fourth-order valence-electron chi connectivity index (χ4n) is 7.13. The third-order valence-corrected chi connectivity index (χ3v) is 9.39. The highest BCUT2D eigenvalue weighted by Gasteiger charge is 2.31. The Labute approximate surface area is 224 Å². The summed E-state index contributed by atoms with van der Waals surface area (Å²) in [5.74, 6) is 0.379. The molecule has 0 radical (unpaired) electrons. The number of nitrogens with zero attached hydrogens (tertiary/aromatic N) is 4. The van der Waals surface area contributed by atoms with Crippen LogP contribution in [0.25, 0.3) is 11.0 Å². The molecule has 5 aliphatic heterocycles. The van der Waals surface area contributed by atoms with Gasteiger partial charge in [-0.15, -0.1) is 5.10 Å². The number of aryl methyl sites for hydroxylation is 2. The number of hydrogen-bond acceptors (Lipinski definition) is 4. The van der Waals surface area contributed by atoms with E-state index in [2.05, 4.69) is 52.5 Å². The van der Waals surface area contributed by atoms with Crippen LogP contribution in [0.4, 0.5) is 0 Å². The molecule has 1 fully saturated rings. The Bertz CT molecular complexity index is 1350. The zero-order valence-electron chi connectivity index (χ0n) is 22.4. The van der Waals surface area contributed by atoms with Crippen LogP contribution in [0.3, 0.4) is 0 Å². The summed E-state index contributed by atoms with van der Waals surface area (Å²) in [6, 6.07) is 10.9. The minimum absolute atomic E-state index is 0.0575. The van der Waals surface area contributed by atoms with Gasteiger partial charge in [-0.05, 0) is 91.7 Å². The first kappa shape index (κ1) is 25.1. The molecule has 7 nitrogen and oxygen atoms in total. The Morgan fingerprint density at radius 3 is 2.68 bits per heavy atom. The molecule has 0 spiro atoms. The second kappa shape index (κ2) is 10.5. The average Bonchev–Trinajstić information content (AvgIpc) is 3.35. The van der Waals surface area contributed by atoms with Crippen molar-refractivity contribution in [3.8, 4) is 0 Å². The Morgan fingerprint density at radius 1 is 1.03 bits per heavy atom. The molecule has 1 N–H and O–H groups in total. The number of benzene rings is 2. The molecule has 1 amide bonds. The molecule has 9 rings (SSSR count). The smallest absolute Gasteiger partial charge is 0.303 e. The van der Waals surface area contributed by atoms with Crippen LogP contribution < -0.4 is 0 Å². The fraction of sp³-hybridized carbons (Fsp3) is 0.548. The number of carbonyl (C=O) groups excluding carboxylic acids is 1. The summed E-state index contributed by atoms with van der Waals surface area (Å²) in [6.07, 6.45) is 9.30. The van der Waals surface area contributed by atoms with Crippen molar-refractivity contribution in [2.45, 2.75) is 90.1 Å². The summed E-state index contributed by atoms with van der Waals surface area (Å²) in [6.45, 7) is 4.39. The third-order valence-electron chi connectivity index (χ3n) is 9.39. The first-order valence-electron chi connectivity index (χ1n) is 14.4. The largest absolute Gasteiger partial charge is 0.481 e. The maximum absolute atomic E-state index is 13.5. The van der Waals surface area contributed by atoms with E-state index in [4.69, 9.17) is 0 Å². The molecule has 6 aliphatic rings. The van der Waals surface area contributed by atoms with E-state index in [1.807, 2.05) is 4.68 Å². The van der Waals surface area contributed by atoms with Gasteiger partial charge in [-0.1, -0.05) is 42.3 Å². The van der Waals surface area contributed by atoms with Crippen molar-refractivity contribution in [2.75, 3.05) is 6.54 Å². The summed E-state index contributed by atoms with van der Waals surface area (Å²) in [5.41, 5.74) is 7.77. The molecule has 7 heteroatoms. The fourth-order valence-corrected chi connectivity index (χ4v) is 7.13. The molecule has 6 heterocycles. The van der Waals surface area contributed by atoms with Gasteiger partial charge in [0.05, 0.1) is 5.52 Å². The number of carboxylic acids is 1. The average molecular weight is 515 g/mol. The molecule has 3 aromatic rings. The van der Waals surface area contributed by atoms with Crippen LogP contribution in [0.5, 0.6) is 0 Å². The van der Waals surface area contributed by atoms with Gasteiger partial charge in [0.15, 0.2) is 0 Å². The summed E-state index contributed by atoms with van der Waals surface area (Å²) in [5, 5.41) is 18.6. The standard InChI is InChI=1S/C31H38N4O3/c1-20-26-11-13-28-30(20)32-33-35(28)16-3-2-4-21-5-7-23(8-6-21)31(38)34-17-15-22-9-10-24(18-25(22)19-34)27(26)12-14-29(36)37/h9-11,13,18,21,23,27H,2-8,12,14-17,19H2,1H3,(H,36,37). The van der Waals surface area contributed by atoms with Crippen LogP contribution in [0.2, 0.25) is 0 Å². The van der Waals surface area contributed by atoms with E-state index >= 15 is 0 Å². The highest BCUT2D eigenvalue weighted by Crippen LogP contribution is 2.37. The molecule has 38 heavy (non-hydrogen) atoms. The molecule has 1 atom stereocenters. The number of rotatable bonds is 3. The van der Waals surface area contributed by atoms with Crippen LogP contribution in [0.1, 0.15) is 91.5 Å². The van der Waals surface area contributed by atoms with Gasteiger partial charge in [0.25, 0.3) is 0 Å². The van der Waals surface area contributed by atoms with E-state index in [1.54, 1.807) is 0 Å². The molecular weight excluding hydrogens is 476 g/mol. The second-order valence-electron chi connectivity index (χ2n) is 11.7. The molecule has 200 valence electrons. The van der Waals surface area contributed by atoms with Crippen LogP contribution in [0.15, 0.2) is 30.3 Å². The predicted molar refractivity (Wildman–Crippen MR) is 146 cm³/mol. The van der Waals surface area contributed by atoms with Crippen molar-refractivity contribution in [1.29, 1.82) is 0 Å². The van der Waals surface area contributed by atoms with Crippen LogP contribution in [0, 0.1) is 18.8 Å². The maximum atomic E-state index is 13.5. The van der Waals surface area contributed by atoms with Crippen LogP contribution >= 0.6 is 0 Å². The second-order valence-corrected chi connectivity index (χ2v) is 11.7. The molecule has 1 unspecified atom stereocenters. The van der Waals surface area contributed by atoms with Crippen molar-refractivity contribution in [2.24, 2.45) is 11.8 Å². The lowest BCUT2D eigenvalue weighted by molar-refractivity contribution is -0.138. The van der Waals surface area contributed by atoms with Gasteiger partial charge in [-0.2, -0.15) is 0 Å². The predicted octanol–water partition coefficient (Wildman–Crippen LogP) is 5.61. The van der Waals surface area contributed by atoms with E-state index in [-0.39, 0.29) is 18.3 Å². The Balaban J connectivity index is 1.41. The lowest BCUT2D eigenvalue weighted by atomic mass is 9.79. The van der Waals surface area contributed by atoms with E-state index < -0.39 is 5.97 Å².